The lowest BCUT2D eigenvalue weighted by Crippen LogP contribution is -2.06. The minimum Gasteiger partial charge on any atom is -0.427 e. The van der Waals surface area contributed by atoms with Gasteiger partial charge in [0.05, 0.1) is 9.79 Å². The van der Waals surface area contributed by atoms with Gasteiger partial charge in [-0.15, -0.1) is 0 Å². The predicted octanol–water partition coefficient (Wildman–Crippen LogP) is 8.43. The van der Waals surface area contributed by atoms with Crippen molar-refractivity contribution in [3.8, 4) is 11.5 Å². The monoisotopic (exact) mass is 634 g/mol. The summed E-state index contributed by atoms with van der Waals surface area (Å²) in [7, 11) is -3.87. The Bertz CT molecular complexity index is 1690. The first-order valence-corrected chi connectivity index (χ1v) is 16.6. The number of thioether (sulfide) groups is 2. The fourth-order valence-corrected chi connectivity index (χ4v) is 6.80. The van der Waals surface area contributed by atoms with Crippen molar-refractivity contribution in [2.24, 2.45) is 0 Å². The lowest BCUT2D eigenvalue weighted by Gasteiger charge is -2.08. The molecule has 42 heavy (non-hydrogen) atoms. The Hall–Kier alpha value is -3.70. The van der Waals surface area contributed by atoms with Crippen molar-refractivity contribution in [1.82, 2.24) is 0 Å². The first-order chi connectivity index (χ1) is 20.2. The van der Waals surface area contributed by atoms with Crippen molar-refractivity contribution in [3.63, 3.8) is 0 Å². The molecule has 214 valence electrons. The summed E-state index contributed by atoms with van der Waals surface area (Å²) in [4.78, 5) is 27.9. The quantitative estimate of drug-likeness (QED) is 0.0698. The van der Waals surface area contributed by atoms with E-state index in [1.54, 1.807) is 28.9 Å². The standard InChI is InChI=1S/C32H26O6S4/c1-3-20-39-26-9-13-28(14-10-26)41-29-15-11-27(12-16-29)40-21-19-32(34)38-24-7-17-30(18-8-24)42(35,36)31-6-4-5-25(22-31)37-23(2)33/h3-22H,1-2H3. The Morgan fingerprint density at radius 3 is 1.81 bits per heavy atom. The number of benzene rings is 4. The number of ether oxygens (including phenoxy) is 2. The zero-order valence-corrected chi connectivity index (χ0v) is 25.9. The highest BCUT2D eigenvalue weighted by Crippen LogP contribution is 2.32. The second-order valence-electron chi connectivity index (χ2n) is 8.52. The highest BCUT2D eigenvalue weighted by molar-refractivity contribution is 8.02. The van der Waals surface area contributed by atoms with Gasteiger partial charge in [-0.05, 0) is 109 Å². The van der Waals surface area contributed by atoms with Crippen LogP contribution in [0, 0.1) is 0 Å². The first-order valence-electron chi connectivity index (χ1n) is 12.6. The van der Waals surface area contributed by atoms with E-state index in [-0.39, 0.29) is 21.3 Å². The molecule has 0 saturated carbocycles. The van der Waals surface area contributed by atoms with E-state index in [0.717, 1.165) is 14.7 Å². The van der Waals surface area contributed by atoms with Gasteiger partial charge in [0.1, 0.15) is 11.5 Å². The highest BCUT2D eigenvalue weighted by atomic mass is 32.2. The summed E-state index contributed by atoms with van der Waals surface area (Å²) in [6, 6.07) is 27.7. The van der Waals surface area contributed by atoms with Gasteiger partial charge in [-0.1, -0.05) is 47.4 Å². The van der Waals surface area contributed by atoms with Crippen molar-refractivity contribution in [1.29, 1.82) is 0 Å². The van der Waals surface area contributed by atoms with Crippen LogP contribution in [0.5, 0.6) is 11.5 Å². The zero-order valence-electron chi connectivity index (χ0n) is 22.6. The summed E-state index contributed by atoms with van der Waals surface area (Å²) in [5.74, 6) is -0.796. The molecule has 0 fully saturated rings. The highest BCUT2D eigenvalue weighted by Gasteiger charge is 2.19. The van der Waals surface area contributed by atoms with Gasteiger partial charge >= 0.3 is 11.9 Å². The molecule has 0 N–H and O–H groups in total. The summed E-state index contributed by atoms with van der Waals surface area (Å²) >= 11 is 4.74. The van der Waals surface area contributed by atoms with Gasteiger partial charge < -0.3 is 9.47 Å². The van der Waals surface area contributed by atoms with E-state index in [1.807, 2.05) is 37.3 Å². The van der Waals surface area contributed by atoms with Crippen LogP contribution in [-0.4, -0.2) is 20.4 Å². The number of carbonyl (C=O) groups is 2. The Labute approximate surface area is 258 Å². The fraction of sp³-hybridized carbons (Fsp3) is 0.0625. The van der Waals surface area contributed by atoms with Crippen molar-refractivity contribution in [2.45, 2.75) is 43.2 Å². The number of hydrogen-bond donors (Lipinski definition) is 0. The second kappa shape index (κ2) is 15.0. The third-order valence-corrected chi connectivity index (χ3v) is 9.91. The average molecular weight is 635 g/mol. The van der Waals surface area contributed by atoms with Crippen LogP contribution in [-0.2, 0) is 19.4 Å². The van der Waals surface area contributed by atoms with E-state index in [1.165, 1.54) is 78.2 Å². The number of allylic oxidation sites excluding steroid dienone is 1. The van der Waals surface area contributed by atoms with Gasteiger partial charge in [0, 0.05) is 32.6 Å². The lowest BCUT2D eigenvalue weighted by molar-refractivity contribution is -0.132. The molecule has 0 aliphatic rings. The van der Waals surface area contributed by atoms with Crippen LogP contribution >= 0.6 is 35.3 Å². The molecule has 10 heteroatoms. The average Bonchev–Trinajstić information content (AvgIpc) is 2.98. The van der Waals surface area contributed by atoms with Crippen molar-refractivity contribution in [2.75, 3.05) is 0 Å². The number of esters is 2. The molecule has 0 aliphatic carbocycles. The molecule has 0 heterocycles. The lowest BCUT2D eigenvalue weighted by atomic mass is 10.3. The zero-order chi connectivity index (χ0) is 30.0. The van der Waals surface area contributed by atoms with E-state index in [4.69, 9.17) is 9.47 Å². The summed E-state index contributed by atoms with van der Waals surface area (Å²) in [6.07, 6.45) is 3.32. The van der Waals surface area contributed by atoms with E-state index < -0.39 is 21.8 Å². The molecule has 4 rings (SSSR count). The number of sulfone groups is 1. The number of hydrogen-bond acceptors (Lipinski definition) is 9. The van der Waals surface area contributed by atoms with Crippen molar-refractivity contribution < 1.29 is 27.5 Å². The van der Waals surface area contributed by atoms with Crippen molar-refractivity contribution >= 4 is 57.1 Å². The van der Waals surface area contributed by atoms with E-state index in [0.29, 0.717) is 0 Å². The predicted molar refractivity (Wildman–Crippen MR) is 168 cm³/mol. The fourth-order valence-electron chi connectivity index (χ4n) is 3.47. The van der Waals surface area contributed by atoms with Crippen LogP contribution < -0.4 is 9.47 Å². The Balaban J connectivity index is 1.28. The minimum absolute atomic E-state index is 0.00963. The molecule has 0 unspecified atom stereocenters. The maximum Gasteiger partial charge on any atom is 0.336 e. The molecule has 4 aromatic carbocycles. The molecule has 4 aromatic rings. The molecule has 0 saturated heterocycles. The minimum atomic E-state index is -3.87. The van der Waals surface area contributed by atoms with Gasteiger partial charge in [-0.2, -0.15) is 0 Å². The van der Waals surface area contributed by atoms with E-state index >= 15 is 0 Å². The van der Waals surface area contributed by atoms with Gasteiger partial charge in [0.25, 0.3) is 0 Å². The molecule has 0 aromatic heterocycles. The first kappa shape index (κ1) is 31.2. The molecule has 0 spiro atoms. The van der Waals surface area contributed by atoms with Crippen LogP contribution in [0.1, 0.15) is 13.8 Å². The number of carbonyl (C=O) groups excluding carboxylic acids is 2. The van der Waals surface area contributed by atoms with Crippen LogP contribution in [0.15, 0.2) is 149 Å². The summed E-state index contributed by atoms with van der Waals surface area (Å²) in [5, 5.41) is 3.69. The van der Waals surface area contributed by atoms with E-state index in [2.05, 4.69) is 29.7 Å². The van der Waals surface area contributed by atoms with Gasteiger partial charge in [0.2, 0.25) is 9.84 Å². The largest absolute Gasteiger partial charge is 0.427 e. The van der Waals surface area contributed by atoms with Gasteiger partial charge in [-0.3, -0.25) is 4.79 Å². The maximum atomic E-state index is 13.0. The normalized spacial score (nSPS) is 11.6. The molecular weight excluding hydrogens is 609 g/mol. The molecule has 0 radical (unpaired) electrons. The molecule has 0 amide bonds. The topological polar surface area (TPSA) is 86.7 Å². The summed E-state index contributed by atoms with van der Waals surface area (Å²) in [5.41, 5.74) is 0. The van der Waals surface area contributed by atoms with Crippen LogP contribution in [0.2, 0.25) is 0 Å². The van der Waals surface area contributed by atoms with Crippen LogP contribution in [0.25, 0.3) is 0 Å². The SMILES string of the molecule is CC=CSc1ccc(Sc2ccc(SC=CC(=O)Oc3ccc(S(=O)(=O)c4cccc(OC(C)=O)c4)cc3)cc2)cc1. The molecule has 0 bridgehead atoms. The molecule has 0 aliphatic heterocycles. The Kier molecular flexibility index (Phi) is 11.1. The van der Waals surface area contributed by atoms with E-state index in [9.17, 15) is 18.0 Å². The third-order valence-electron chi connectivity index (χ3n) is 5.36. The molecular formula is C32H26O6S4. The van der Waals surface area contributed by atoms with Gasteiger partial charge in [0.15, 0.2) is 0 Å². The molecule has 6 nitrogen and oxygen atoms in total. The van der Waals surface area contributed by atoms with Crippen molar-refractivity contribution in [3.05, 3.63) is 120 Å². The number of rotatable bonds is 11. The summed E-state index contributed by atoms with van der Waals surface area (Å²) < 4.78 is 36.2. The second-order valence-corrected chi connectivity index (χ2v) is 13.6. The summed E-state index contributed by atoms with van der Waals surface area (Å²) in [6.45, 7) is 3.23. The van der Waals surface area contributed by atoms with Crippen LogP contribution in [0.4, 0.5) is 0 Å². The maximum absolute atomic E-state index is 13.0. The van der Waals surface area contributed by atoms with Crippen LogP contribution in [0.3, 0.4) is 0 Å². The smallest absolute Gasteiger partial charge is 0.336 e. The Morgan fingerprint density at radius 1 is 0.667 bits per heavy atom. The van der Waals surface area contributed by atoms with Gasteiger partial charge in [-0.25, -0.2) is 13.2 Å². The molecule has 0 atom stereocenters. The Morgan fingerprint density at radius 2 is 1.24 bits per heavy atom. The third kappa shape index (κ3) is 9.15.